The number of rotatable bonds is 2. The van der Waals surface area contributed by atoms with Gasteiger partial charge in [0.05, 0.1) is 16.4 Å². The van der Waals surface area contributed by atoms with Crippen molar-refractivity contribution < 1.29 is 10.2 Å². The second kappa shape index (κ2) is 5.82. The molecule has 116 valence electrons. The van der Waals surface area contributed by atoms with Crippen molar-refractivity contribution in [3.8, 4) is 22.4 Å². The zero-order valence-corrected chi connectivity index (χ0v) is 13.1. The molecule has 0 spiro atoms. The number of benzene rings is 3. The average molecular weight is 315 g/mol. The quantitative estimate of drug-likeness (QED) is 0.373. The fourth-order valence-corrected chi connectivity index (χ4v) is 3.00. The van der Waals surface area contributed by atoms with Crippen molar-refractivity contribution in [1.29, 1.82) is 0 Å². The number of hydrogen-bond acceptors (Lipinski definition) is 1. The lowest BCUT2D eigenvalue weighted by molar-refractivity contribution is -0.598. The van der Waals surface area contributed by atoms with E-state index in [-0.39, 0.29) is 35.2 Å². The first-order valence-electron chi connectivity index (χ1n) is 9.70. The topological polar surface area (TPSA) is 26.9 Å². The molecule has 1 heterocycles. The molecule has 0 fully saturated rings. The fourth-order valence-electron chi connectivity index (χ4n) is 3.00. The first-order chi connectivity index (χ1) is 13.4. The molecule has 1 aromatic heterocycles. The van der Waals surface area contributed by atoms with Gasteiger partial charge in [-0.15, -0.1) is 0 Å². The normalized spacial score (nSPS) is 13.2. The molecule has 0 unspecified atom stereocenters. The minimum atomic E-state index is -0.341. The van der Waals surface area contributed by atoms with Crippen LogP contribution in [0.2, 0.25) is 0 Å². The van der Waals surface area contributed by atoms with Crippen molar-refractivity contribution in [2.24, 2.45) is 0 Å². The number of aryl methyl sites for hydroxylation is 1. The minimum absolute atomic E-state index is 0.143. The van der Waals surface area contributed by atoms with Gasteiger partial charge in [0.1, 0.15) is 0 Å². The molecule has 2 heteroatoms. The largest absolute Gasteiger partial charge is 0.618 e. The van der Waals surface area contributed by atoms with Crippen LogP contribution in [-0.4, -0.2) is 0 Å². The molecule has 24 heavy (non-hydrogen) atoms. The van der Waals surface area contributed by atoms with Gasteiger partial charge in [0.15, 0.2) is 5.69 Å². The van der Waals surface area contributed by atoms with E-state index in [2.05, 4.69) is 0 Å². The Balaban J connectivity index is 2.33. The number of aromatic nitrogens is 1. The smallest absolute Gasteiger partial charge is 0.232 e. The molecule has 0 aliphatic heterocycles. The van der Waals surface area contributed by atoms with Crippen molar-refractivity contribution in [3.63, 3.8) is 0 Å². The molecule has 0 saturated carbocycles. The van der Waals surface area contributed by atoms with Gasteiger partial charge in [-0.05, 0) is 23.7 Å². The molecule has 0 radical (unpaired) electrons. The van der Waals surface area contributed by atoms with Gasteiger partial charge in [0.2, 0.25) is 5.69 Å². The molecular weight excluding hydrogens is 294 g/mol. The van der Waals surface area contributed by atoms with Crippen LogP contribution in [0.15, 0.2) is 84.8 Å². The van der Waals surface area contributed by atoms with E-state index in [1.54, 1.807) is 6.92 Å². The van der Waals surface area contributed by atoms with Gasteiger partial charge in [0, 0.05) is 17.9 Å². The van der Waals surface area contributed by atoms with Crippen LogP contribution in [0.4, 0.5) is 0 Å². The van der Waals surface area contributed by atoms with Crippen LogP contribution in [0, 0.1) is 12.1 Å². The first-order valence-corrected chi connectivity index (χ1v) is 7.70. The second-order valence-electron chi connectivity index (χ2n) is 5.59. The fraction of sp³-hybridized carbons (Fsp3) is 0.0455. The summed E-state index contributed by atoms with van der Waals surface area (Å²) in [5.74, 6) is 0. The lowest BCUT2D eigenvalue weighted by atomic mass is 9.93. The van der Waals surface area contributed by atoms with Gasteiger partial charge in [0.25, 0.3) is 0 Å². The minimum Gasteiger partial charge on any atom is -0.618 e. The number of nitrogens with zero attached hydrogens (tertiary/aromatic N) is 1. The van der Waals surface area contributed by atoms with E-state index < -0.39 is 0 Å². The number of hydrogen-bond donors (Lipinski definition) is 0. The van der Waals surface area contributed by atoms with Crippen LogP contribution in [0.3, 0.4) is 0 Å². The molecule has 0 N–H and O–H groups in total. The van der Waals surface area contributed by atoms with E-state index in [0.29, 0.717) is 22.2 Å². The van der Waals surface area contributed by atoms with E-state index in [0.717, 1.165) is 10.3 Å². The molecule has 0 aliphatic rings. The summed E-state index contributed by atoms with van der Waals surface area (Å²) in [7, 11) is 0. The van der Waals surface area contributed by atoms with Crippen LogP contribution in [-0.2, 0) is 0 Å². The highest BCUT2D eigenvalue weighted by molar-refractivity contribution is 6.02. The van der Waals surface area contributed by atoms with Gasteiger partial charge in [-0.25, -0.2) is 0 Å². The lowest BCUT2D eigenvalue weighted by Gasteiger charge is -2.16. The van der Waals surface area contributed by atoms with Crippen LogP contribution >= 0.6 is 0 Å². The SMILES string of the molecule is [2H]c1c([2H])c([2H])c2c(C)[n+]([O-])c(-c3ccccc3)c(-c3ccccc3)c2c1[2H]. The van der Waals surface area contributed by atoms with Gasteiger partial charge in [-0.3, -0.25) is 0 Å². The molecule has 4 rings (SSSR count). The molecule has 4 aromatic rings. The van der Waals surface area contributed by atoms with Crippen molar-refractivity contribution in [1.82, 2.24) is 0 Å². The van der Waals surface area contributed by atoms with Crippen molar-refractivity contribution in [2.75, 3.05) is 0 Å². The second-order valence-corrected chi connectivity index (χ2v) is 5.59. The summed E-state index contributed by atoms with van der Waals surface area (Å²) in [6, 6.07) is 17.4. The van der Waals surface area contributed by atoms with Gasteiger partial charge >= 0.3 is 0 Å². The third-order valence-corrected chi connectivity index (χ3v) is 4.15. The molecule has 2 nitrogen and oxygen atoms in total. The standard InChI is InChI=1S/C22H17NO/c1-16-19-14-8-9-15-20(19)21(17-10-4-2-5-11-17)22(23(16)24)18-12-6-3-7-13-18/h2-15H,1H3/i8D,9D,14D,15D. The molecule has 0 bridgehead atoms. The maximum absolute atomic E-state index is 13.3. The van der Waals surface area contributed by atoms with Gasteiger partial charge in [-0.1, -0.05) is 66.7 Å². The Morgan fingerprint density at radius 1 is 0.792 bits per heavy atom. The summed E-state index contributed by atoms with van der Waals surface area (Å²) >= 11 is 0. The maximum Gasteiger partial charge on any atom is 0.232 e. The number of pyridine rings is 1. The molecular formula is C22H17NO. The Hall–Kier alpha value is -3.13. The monoisotopic (exact) mass is 315 g/mol. The Morgan fingerprint density at radius 3 is 1.96 bits per heavy atom. The molecule has 3 aromatic carbocycles. The van der Waals surface area contributed by atoms with Crippen LogP contribution in [0.1, 0.15) is 11.2 Å². The van der Waals surface area contributed by atoms with Crippen LogP contribution in [0.5, 0.6) is 0 Å². The van der Waals surface area contributed by atoms with E-state index in [1.807, 2.05) is 60.7 Å². The first kappa shape index (κ1) is 10.6. The highest BCUT2D eigenvalue weighted by Crippen LogP contribution is 2.36. The summed E-state index contributed by atoms with van der Waals surface area (Å²) in [6.45, 7) is 1.59. The van der Waals surface area contributed by atoms with Gasteiger partial charge < -0.3 is 5.21 Å². The van der Waals surface area contributed by atoms with E-state index in [1.165, 1.54) is 0 Å². The van der Waals surface area contributed by atoms with Crippen molar-refractivity contribution in [3.05, 3.63) is 95.7 Å². The Bertz CT molecular complexity index is 1210. The van der Waals surface area contributed by atoms with E-state index >= 15 is 0 Å². The Kier molecular flexibility index (Phi) is 2.57. The Morgan fingerprint density at radius 2 is 1.33 bits per heavy atom. The summed E-state index contributed by atoms with van der Waals surface area (Å²) < 4.78 is 33.8. The third kappa shape index (κ3) is 2.24. The number of fused-ring (bicyclic) bond motifs is 1. The molecule has 0 saturated heterocycles. The molecule has 0 amide bonds. The Labute approximate surface area is 146 Å². The van der Waals surface area contributed by atoms with E-state index in [4.69, 9.17) is 5.48 Å². The highest BCUT2D eigenvalue weighted by Gasteiger charge is 2.23. The van der Waals surface area contributed by atoms with Crippen LogP contribution < -0.4 is 4.73 Å². The third-order valence-electron chi connectivity index (χ3n) is 4.15. The summed E-state index contributed by atoms with van der Waals surface area (Å²) in [6.07, 6.45) is 0. The summed E-state index contributed by atoms with van der Waals surface area (Å²) in [5.41, 5.74) is 2.55. The zero-order valence-electron chi connectivity index (χ0n) is 17.1. The zero-order chi connectivity index (χ0) is 20.0. The van der Waals surface area contributed by atoms with Crippen molar-refractivity contribution >= 4 is 10.8 Å². The molecule has 0 atom stereocenters. The van der Waals surface area contributed by atoms with Gasteiger partial charge in [-0.2, -0.15) is 4.73 Å². The highest BCUT2D eigenvalue weighted by atomic mass is 16.5. The maximum atomic E-state index is 13.3. The van der Waals surface area contributed by atoms with Crippen molar-refractivity contribution in [2.45, 2.75) is 6.92 Å². The predicted octanol–water partition coefficient (Wildman–Crippen LogP) is 5.12. The van der Waals surface area contributed by atoms with E-state index in [9.17, 15) is 5.21 Å². The lowest BCUT2D eigenvalue weighted by Crippen LogP contribution is -2.34. The van der Waals surface area contributed by atoms with Crippen LogP contribution in [0.25, 0.3) is 33.2 Å². The summed E-state index contributed by atoms with van der Waals surface area (Å²) in [5, 5.41) is 13.9. The predicted molar refractivity (Wildman–Crippen MR) is 98.5 cm³/mol. The summed E-state index contributed by atoms with van der Waals surface area (Å²) in [4.78, 5) is 0. The average Bonchev–Trinajstić information content (AvgIpc) is 2.73. The molecule has 0 aliphatic carbocycles.